The zero-order chi connectivity index (χ0) is 13.0. The van der Waals surface area contributed by atoms with Crippen LogP contribution >= 0.6 is 35.6 Å². The molecule has 1 aromatic carbocycles. The van der Waals surface area contributed by atoms with Gasteiger partial charge in [0.05, 0.1) is 21.8 Å². The Morgan fingerprint density at radius 1 is 1.50 bits per heavy atom. The average Bonchev–Trinajstić information content (AvgIpc) is 2.85. The molecule has 0 spiro atoms. The van der Waals surface area contributed by atoms with Gasteiger partial charge in [0, 0.05) is 23.2 Å². The first-order chi connectivity index (χ1) is 8.66. The van der Waals surface area contributed by atoms with Crippen LogP contribution in [-0.4, -0.2) is 17.4 Å². The number of nitrogens with zero attached hydrogens (tertiary/aromatic N) is 1. The second kappa shape index (κ2) is 6.22. The third-order valence-electron chi connectivity index (χ3n) is 2.34. The van der Waals surface area contributed by atoms with E-state index in [1.807, 2.05) is 5.38 Å². The molecular formula is C12H11ClN2OS2. The second-order valence-corrected chi connectivity index (χ2v) is 5.29. The average molecular weight is 299 g/mol. The van der Waals surface area contributed by atoms with Crippen LogP contribution in [0.3, 0.4) is 0 Å². The van der Waals surface area contributed by atoms with Gasteiger partial charge < -0.3 is 5.32 Å². The number of carbonyl (C=O) groups is 1. The highest BCUT2D eigenvalue weighted by Gasteiger charge is 2.10. The lowest BCUT2D eigenvalue weighted by atomic mass is 10.2. The van der Waals surface area contributed by atoms with Gasteiger partial charge in [-0.2, -0.15) is 0 Å². The van der Waals surface area contributed by atoms with Crippen molar-refractivity contribution in [3.63, 3.8) is 0 Å². The SMILES string of the molecule is O=C(NCCc1cscn1)c1cc(S)ccc1Cl. The first-order valence-electron chi connectivity index (χ1n) is 5.30. The predicted octanol–water partition coefficient (Wildman–Crippen LogP) is 3.06. The molecule has 1 heterocycles. The van der Waals surface area contributed by atoms with Crippen molar-refractivity contribution in [3.05, 3.63) is 45.4 Å². The third-order valence-corrected chi connectivity index (χ3v) is 3.59. The van der Waals surface area contributed by atoms with Crippen molar-refractivity contribution in [2.45, 2.75) is 11.3 Å². The molecule has 3 nitrogen and oxygen atoms in total. The molecule has 0 unspecified atom stereocenters. The van der Waals surface area contributed by atoms with Gasteiger partial charge in [0.15, 0.2) is 0 Å². The Bertz CT molecular complexity index is 543. The Morgan fingerprint density at radius 2 is 2.33 bits per heavy atom. The minimum atomic E-state index is -0.189. The number of amides is 1. The molecule has 1 aromatic heterocycles. The van der Waals surface area contributed by atoms with Crippen LogP contribution in [-0.2, 0) is 6.42 Å². The van der Waals surface area contributed by atoms with Crippen molar-refractivity contribution < 1.29 is 4.79 Å². The Balaban J connectivity index is 1.93. The molecule has 0 atom stereocenters. The van der Waals surface area contributed by atoms with Crippen LogP contribution in [0.5, 0.6) is 0 Å². The van der Waals surface area contributed by atoms with Gasteiger partial charge in [-0.05, 0) is 18.2 Å². The van der Waals surface area contributed by atoms with Crippen molar-refractivity contribution in [3.8, 4) is 0 Å². The fourth-order valence-corrected chi connectivity index (χ4v) is 2.45. The Hall–Kier alpha value is -1.04. The number of hydrogen-bond donors (Lipinski definition) is 2. The van der Waals surface area contributed by atoms with Gasteiger partial charge in [-0.3, -0.25) is 4.79 Å². The summed E-state index contributed by atoms with van der Waals surface area (Å²) < 4.78 is 0. The van der Waals surface area contributed by atoms with E-state index in [2.05, 4.69) is 22.9 Å². The van der Waals surface area contributed by atoms with Gasteiger partial charge in [-0.1, -0.05) is 11.6 Å². The standard InChI is InChI=1S/C12H11ClN2OS2/c13-11-2-1-9(17)5-10(11)12(16)14-4-3-8-6-18-7-15-8/h1-2,5-7,17H,3-4H2,(H,14,16). The topological polar surface area (TPSA) is 42.0 Å². The maximum absolute atomic E-state index is 11.9. The Kier molecular flexibility index (Phi) is 4.63. The summed E-state index contributed by atoms with van der Waals surface area (Å²) >= 11 is 11.7. The minimum absolute atomic E-state index is 0.189. The summed E-state index contributed by atoms with van der Waals surface area (Å²) in [5.74, 6) is -0.189. The van der Waals surface area contributed by atoms with Crippen LogP contribution < -0.4 is 5.32 Å². The number of carbonyl (C=O) groups excluding carboxylic acids is 1. The molecule has 0 saturated heterocycles. The van der Waals surface area contributed by atoms with Gasteiger partial charge in [0.2, 0.25) is 0 Å². The summed E-state index contributed by atoms with van der Waals surface area (Å²) in [7, 11) is 0. The van der Waals surface area contributed by atoms with E-state index >= 15 is 0 Å². The van der Waals surface area contributed by atoms with Crippen molar-refractivity contribution in [2.24, 2.45) is 0 Å². The first-order valence-corrected chi connectivity index (χ1v) is 7.07. The molecule has 0 saturated carbocycles. The highest BCUT2D eigenvalue weighted by Crippen LogP contribution is 2.19. The van der Waals surface area contributed by atoms with Gasteiger partial charge in [-0.15, -0.1) is 24.0 Å². The molecule has 0 bridgehead atoms. The van der Waals surface area contributed by atoms with Crippen LogP contribution in [0.2, 0.25) is 5.02 Å². The van der Waals surface area contributed by atoms with E-state index in [1.165, 1.54) is 0 Å². The molecule has 94 valence electrons. The van der Waals surface area contributed by atoms with Crippen LogP contribution in [0.25, 0.3) is 0 Å². The van der Waals surface area contributed by atoms with E-state index in [0.717, 1.165) is 5.69 Å². The zero-order valence-corrected chi connectivity index (χ0v) is 11.9. The molecule has 1 N–H and O–H groups in total. The zero-order valence-electron chi connectivity index (χ0n) is 9.39. The van der Waals surface area contributed by atoms with Crippen molar-refractivity contribution in [1.82, 2.24) is 10.3 Å². The molecule has 0 aliphatic rings. The van der Waals surface area contributed by atoms with Crippen LogP contribution in [0.1, 0.15) is 16.1 Å². The molecule has 0 aliphatic heterocycles. The van der Waals surface area contributed by atoms with E-state index in [4.69, 9.17) is 11.6 Å². The van der Waals surface area contributed by atoms with E-state index in [1.54, 1.807) is 35.0 Å². The number of thiazole rings is 1. The summed E-state index contributed by atoms with van der Waals surface area (Å²) in [6.45, 7) is 0.537. The maximum Gasteiger partial charge on any atom is 0.252 e. The first kappa shape index (κ1) is 13.4. The van der Waals surface area contributed by atoms with E-state index in [0.29, 0.717) is 28.4 Å². The van der Waals surface area contributed by atoms with Gasteiger partial charge in [-0.25, -0.2) is 4.98 Å². The lowest BCUT2D eigenvalue weighted by Crippen LogP contribution is -2.26. The van der Waals surface area contributed by atoms with Gasteiger partial charge in [0.1, 0.15) is 0 Å². The Morgan fingerprint density at radius 3 is 3.06 bits per heavy atom. The van der Waals surface area contributed by atoms with Crippen LogP contribution in [0, 0.1) is 0 Å². The predicted molar refractivity (Wildman–Crippen MR) is 76.9 cm³/mol. The van der Waals surface area contributed by atoms with Crippen LogP contribution in [0.15, 0.2) is 34.0 Å². The van der Waals surface area contributed by atoms with E-state index in [9.17, 15) is 4.79 Å². The van der Waals surface area contributed by atoms with Crippen molar-refractivity contribution in [1.29, 1.82) is 0 Å². The number of hydrogen-bond acceptors (Lipinski definition) is 4. The lowest BCUT2D eigenvalue weighted by molar-refractivity contribution is 0.0954. The number of thiol groups is 1. The van der Waals surface area contributed by atoms with E-state index in [-0.39, 0.29) is 5.91 Å². The molecule has 2 rings (SSSR count). The third kappa shape index (κ3) is 3.48. The number of aromatic nitrogens is 1. The normalized spacial score (nSPS) is 10.3. The van der Waals surface area contributed by atoms with Gasteiger partial charge >= 0.3 is 0 Å². The van der Waals surface area contributed by atoms with Crippen molar-refractivity contribution >= 4 is 41.5 Å². The number of halogens is 1. The highest BCUT2D eigenvalue weighted by atomic mass is 35.5. The monoisotopic (exact) mass is 298 g/mol. The number of nitrogens with one attached hydrogen (secondary N) is 1. The molecule has 0 radical (unpaired) electrons. The highest BCUT2D eigenvalue weighted by molar-refractivity contribution is 7.80. The summed E-state index contributed by atoms with van der Waals surface area (Å²) in [6.07, 6.45) is 0.716. The molecule has 0 fully saturated rings. The molecule has 18 heavy (non-hydrogen) atoms. The second-order valence-electron chi connectivity index (χ2n) is 3.65. The quantitative estimate of drug-likeness (QED) is 0.852. The molecule has 1 amide bonds. The lowest BCUT2D eigenvalue weighted by Gasteiger charge is -2.06. The summed E-state index contributed by atoms with van der Waals surface area (Å²) in [4.78, 5) is 16.8. The maximum atomic E-state index is 11.9. The van der Waals surface area contributed by atoms with E-state index < -0.39 is 0 Å². The molecule has 6 heteroatoms. The smallest absolute Gasteiger partial charge is 0.252 e. The minimum Gasteiger partial charge on any atom is -0.352 e. The van der Waals surface area contributed by atoms with Gasteiger partial charge in [0.25, 0.3) is 5.91 Å². The fraction of sp³-hybridized carbons (Fsp3) is 0.167. The fourth-order valence-electron chi connectivity index (χ4n) is 1.45. The summed E-state index contributed by atoms with van der Waals surface area (Å²) in [5, 5.41) is 5.21. The molecule has 2 aromatic rings. The van der Waals surface area contributed by atoms with Crippen LogP contribution in [0.4, 0.5) is 0 Å². The molecule has 0 aliphatic carbocycles. The largest absolute Gasteiger partial charge is 0.352 e. The number of rotatable bonds is 4. The Labute approximate surface area is 120 Å². The number of benzene rings is 1. The molecular weight excluding hydrogens is 288 g/mol. The van der Waals surface area contributed by atoms with Crippen molar-refractivity contribution in [2.75, 3.05) is 6.54 Å². The summed E-state index contributed by atoms with van der Waals surface area (Å²) in [6, 6.07) is 5.07. The summed E-state index contributed by atoms with van der Waals surface area (Å²) in [5.41, 5.74) is 3.20.